The van der Waals surface area contributed by atoms with Crippen LogP contribution < -0.4 is 5.32 Å². The summed E-state index contributed by atoms with van der Waals surface area (Å²) >= 11 is 6.06. The molecule has 0 unspecified atom stereocenters. The number of carbonyl (C=O) groups is 2. The summed E-state index contributed by atoms with van der Waals surface area (Å²) in [5.41, 5.74) is 0. The summed E-state index contributed by atoms with van der Waals surface area (Å²) in [6.45, 7) is 0.658. The van der Waals surface area contributed by atoms with Crippen molar-refractivity contribution in [2.24, 2.45) is 0 Å². The molecule has 0 aromatic heterocycles. The van der Waals surface area contributed by atoms with Crippen molar-refractivity contribution in [3.63, 3.8) is 0 Å². The zero-order valence-electron chi connectivity index (χ0n) is 9.23. The number of thioether (sulfide) groups is 1. The van der Waals surface area contributed by atoms with E-state index in [0.29, 0.717) is 19.4 Å². The van der Waals surface area contributed by atoms with E-state index in [1.54, 1.807) is 16.7 Å². The number of rotatable bonds is 3. The molecule has 0 spiro atoms. The second-order valence-corrected chi connectivity index (χ2v) is 5.94. The standard InChI is InChI=1S/C10H16N2O2S2/c1-16-6-3-7-8(13)12-5-2-4-10(12,15)9(14)11-7/h7,15H,2-6H2,1H3,(H,11,14)/t7-,10-/m0/s1. The van der Waals surface area contributed by atoms with Crippen LogP contribution in [0, 0.1) is 0 Å². The maximum absolute atomic E-state index is 12.1. The van der Waals surface area contributed by atoms with Crippen LogP contribution in [0.25, 0.3) is 0 Å². The number of piperazine rings is 1. The lowest BCUT2D eigenvalue weighted by Gasteiger charge is -2.40. The van der Waals surface area contributed by atoms with E-state index in [2.05, 4.69) is 17.9 Å². The molecule has 4 nitrogen and oxygen atoms in total. The molecule has 2 atom stereocenters. The molecule has 2 saturated heterocycles. The van der Waals surface area contributed by atoms with Gasteiger partial charge in [0.05, 0.1) is 0 Å². The van der Waals surface area contributed by atoms with Crippen LogP contribution in [0.4, 0.5) is 0 Å². The van der Waals surface area contributed by atoms with Gasteiger partial charge < -0.3 is 10.2 Å². The van der Waals surface area contributed by atoms with Crippen LogP contribution >= 0.6 is 24.4 Å². The minimum absolute atomic E-state index is 0.0288. The molecule has 6 heteroatoms. The second-order valence-electron chi connectivity index (χ2n) is 4.22. The molecule has 2 fully saturated rings. The summed E-state index contributed by atoms with van der Waals surface area (Å²) in [6.07, 6.45) is 4.21. The van der Waals surface area contributed by atoms with E-state index < -0.39 is 4.87 Å². The number of hydrogen-bond acceptors (Lipinski definition) is 4. The lowest BCUT2D eigenvalue weighted by Crippen LogP contribution is -2.66. The third-order valence-electron chi connectivity index (χ3n) is 3.20. The van der Waals surface area contributed by atoms with Gasteiger partial charge in [0.2, 0.25) is 5.91 Å². The minimum atomic E-state index is -0.882. The van der Waals surface area contributed by atoms with Gasteiger partial charge in [-0.15, -0.1) is 12.6 Å². The fourth-order valence-electron chi connectivity index (χ4n) is 2.29. The molecule has 0 aromatic carbocycles. The van der Waals surface area contributed by atoms with E-state index in [-0.39, 0.29) is 17.9 Å². The Morgan fingerprint density at radius 3 is 3.06 bits per heavy atom. The molecule has 90 valence electrons. The van der Waals surface area contributed by atoms with Crippen LogP contribution in [0.2, 0.25) is 0 Å². The first-order chi connectivity index (χ1) is 7.59. The molecule has 2 aliphatic rings. The van der Waals surface area contributed by atoms with E-state index in [9.17, 15) is 9.59 Å². The normalized spacial score (nSPS) is 33.9. The first-order valence-electron chi connectivity index (χ1n) is 5.43. The van der Waals surface area contributed by atoms with Crippen LogP contribution in [0.5, 0.6) is 0 Å². The van der Waals surface area contributed by atoms with E-state index in [1.165, 1.54) is 0 Å². The van der Waals surface area contributed by atoms with Crippen LogP contribution in [0.1, 0.15) is 19.3 Å². The molecule has 2 amide bonds. The Kier molecular flexibility index (Phi) is 3.39. The fourth-order valence-corrected chi connectivity index (χ4v) is 3.18. The monoisotopic (exact) mass is 260 g/mol. The quantitative estimate of drug-likeness (QED) is 0.726. The van der Waals surface area contributed by atoms with Gasteiger partial charge in [-0.1, -0.05) is 0 Å². The minimum Gasteiger partial charge on any atom is -0.341 e. The van der Waals surface area contributed by atoms with Crippen molar-refractivity contribution in [3.05, 3.63) is 0 Å². The molecular formula is C10H16N2O2S2. The Balaban J connectivity index is 2.13. The molecule has 0 aliphatic carbocycles. The molecule has 1 N–H and O–H groups in total. The Labute approximate surface area is 105 Å². The van der Waals surface area contributed by atoms with Crippen molar-refractivity contribution in [1.82, 2.24) is 10.2 Å². The van der Waals surface area contributed by atoms with Gasteiger partial charge in [0.25, 0.3) is 5.91 Å². The number of amides is 2. The number of nitrogens with zero attached hydrogens (tertiary/aromatic N) is 1. The van der Waals surface area contributed by atoms with Gasteiger partial charge >= 0.3 is 0 Å². The Morgan fingerprint density at radius 1 is 1.62 bits per heavy atom. The molecule has 0 radical (unpaired) electrons. The number of fused-ring (bicyclic) bond motifs is 1. The van der Waals surface area contributed by atoms with Gasteiger partial charge in [-0.25, -0.2) is 0 Å². The lowest BCUT2D eigenvalue weighted by molar-refractivity contribution is -0.148. The van der Waals surface area contributed by atoms with Gasteiger partial charge in [0, 0.05) is 6.54 Å². The van der Waals surface area contributed by atoms with Crippen molar-refractivity contribution in [2.45, 2.75) is 30.2 Å². The number of nitrogens with one attached hydrogen (secondary N) is 1. The summed E-state index contributed by atoms with van der Waals surface area (Å²) in [4.78, 5) is 24.8. The topological polar surface area (TPSA) is 49.4 Å². The first-order valence-corrected chi connectivity index (χ1v) is 7.27. The van der Waals surface area contributed by atoms with E-state index >= 15 is 0 Å². The van der Waals surface area contributed by atoms with Crippen LogP contribution in [-0.2, 0) is 9.59 Å². The van der Waals surface area contributed by atoms with Crippen molar-refractivity contribution < 1.29 is 9.59 Å². The van der Waals surface area contributed by atoms with E-state index in [0.717, 1.165) is 12.2 Å². The summed E-state index contributed by atoms with van der Waals surface area (Å²) < 4.78 is 0. The highest BCUT2D eigenvalue weighted by molar-refractivity contribution is 7.98. The summed E-state index contributed by atoms with van der Waals surface area (Å²) in [6, 6.07) is -0.349. The number of hydrogen-bond donors (Lipinski definition) is 2. The summed E-state index contributed by atoms with van der Waals surface area (Å²) in [5, 5.41) is 2.79. The van der Waals surface area contributed by atoms with Crippen molar-refractivity contribution in [1.29, 1.82) is 0 Å². The SMILES string of the molecule is CSCC[C@@H]1NC(=O)[C@@]2(S)CCCN2C1=O. The van der Waals surface area contributed by atoms with Crippen LogP contribution in [-0.4, -0.2) is 46.2 Å². The molecule has 2 rings (SSSR count). The molecular weight excluding hydrogens is 244 g/mol. The van der Waals surface area contributed by atoms with Gasteiger partial charge in [-0.05, 0) is 31.3 Å². The fraction of sp³-hybridized carbons (Fsp3) is 0.800. The molecule has 0 saturated carbocycles. The van der Waals surface area contributed by atoms with Crippen molar-refractivity contribution >= 4 is 36.2 Å². The second kappa shape index (κ2) is 4.49. The Bertz CT molecular complexity index is 324. The van der Waals surface area contributed by atoms with Gasteiger partial charge in [-0.2, -0.15) is 11.8 Å². The highest BCUT2D eigenvalue weighted by Gasteiger charge is 2.52. The van der Waals surface area contributed by atoms with E-state index in [4.69, 9.17) is 0 Å². The highest BCUT2D eigenvalue weighted by atomic mass is 32.2. The number of thiol groups is 1. The lowest BCUT2D eigenvalue weighted by atomic mass is 10.1. The van der Waals surface area contributed by atoms with Gasteiger partial charge in [-0.3, -0.25) is 9.59 Å². The Hall–Kier alpha value is -0.360. The molecule has 0 aromatic rings. The number of carbonyl (C=O) groups excluding carboxylic acids is 2. The highest BCUT2D eigenvalue weighted by Crippen LogP contribution is 2.36. The summed E-state index contributed by atoms with van der Waals surface area (Å²) in [7, 11) is 0. The van der Waals surface area contributed by atoms with Crippen LogP contribution in [0.15, 0.2) is 0 Å². The molecule has 0 bridgehead atoms. The summed E-state index contributed by atoms with van der Waals surface area (Å²) in [5.74, 6) is 0.796. The first kappa shape index (κ1) is 12.1. The van der Waals surface area contributed by atoms with Crippen LogP contribution in [0.3, 0.4) is 0 Å². The zero-order valence-corrected chi connectivity index (χ0v) is 10.9. The zero-order chi connectivity index (χ0) is 11.8. The third-order valence-corrected chi connectivity index (χ3v) is 4.51. The predicted octanol–water partition coefficient (Wildman–Crippen LogP) is 0.486. The third kappa shape index (κ3) is 1.82. The molecule has 16 heavy (non-hydrogen) atoms. The molecule has 2 aliphatic heterocycles. The predicted molar refractivity (Wildman–Crippen MR) is 67.6 cm³/mol. The smallest absolute Gasteiger partial charge is 0.256 e. The Morgan fingerprint density at radius 2 is 2.38 bits per heavy atom. The maximum atomic E-state index is 12.1. The van der Waals surface area contributed by atoms with Crippen molar-refractivity contribution in [3.8, 4) is 0 Å². The average molecular weight is 260 g/mol. The van der Waals surface area contributed by atoms with Gasteiger partial charge in [0.1, 0.15) is 6.04 Å². The average Bonchev–Trinajstić information content (AvgIpc) is 2.66. The van der Waals surface area contributed by atoms with Gasteiger partial charge in [0.15, 0.2) is 4.87 Å². The molecule has 2 heterocycles. The maximum Gasteiger partial charge on any atom is 0.256 e. The van der Waals surface area contributed by atoms with E-state index in [1.807, 2.05) is 6.26 Å². The largest absolute Gasteiger partial charge is 0.341 e. The van der Waals surface area contributed by atoms with Crippen molar-refractivity contribution in [2.75, 3.05) is 18.6 Å².